The molecule has 2 rings (SSSR count). The predicted molar refractivity (Wildman–Crippen MR) is 58.5 cm³/mol. The Balaban J connectivity index is 2.01. The fraction of sp³-hybridized carbons (Fsp3) is 1.00. The maximum atomic E-state index is 6.09. The molecule has 2 aliphatic rings. The Morgan fingerprint density at radius 2 is 1.71 bits per heavy atom. The van der Waals surface area contributed by atoms with Gasteiger partial charge in [0.15, 0.2) is 0 Å². The van der Waals surface area contributed by atoms with E-state index in [0.717, 1.165) is 13.2 Å². The number of ether oxygens (including phenoxy) is 1. The van der Waals surface area contributed by atoms with Gasteiger partial charge in [0.05, 0.1) is 12.2 Å². The van der Waals surface area contributed by atoms with Crippen LogP contribution in [0.2, 0.25) is 0 Å². The van der Waals surface area contributed by atoms with Gasteiger partial charge in [-0.2, -0.15) is 0 Å². The number of nitrogens with one attached hydrogen (secondary N) is 1. The van der Waals surface area contributed by atoms with Crippen molar-refractivity contribution in [3.05, 3.63) is 0 Å². The van der Waals surface area contributed by atoms with Crippen molar-refractivity contribution in [2.24, 2.45) is 0 Å². The number of hydrogen-bond donors (Lipinski definition) is 1. The van der Waals surface area contributed by atoms with Gasteiger partial charge in [0.2, 0.25) is 0 Å². The molecule has 1 unspecified atom stereocenters. The maximum absolute atomic E-state index is 6.09. The van der Waals surface area contributed by atoms with Crippen LogP contribution in [0.5, 0.6) is 0 Å². The zero-order valence-corrected chi connectivity index (χ0v) is 9.35. The molecule has 0 amide bonds. The van der Waals surface area contributed by atoms with Gasteiger partial charge in [-0.1, -0.05) is 32.1 Å². The van der Waals surface area contributed by atoms with E-state index >= 15 is 0 Å². The van der Waals surface area contributed by atoms with Crippen LogP contribution in [0, 0.1) is 0 Å². The van der Waals surface area contributed by atoms with Crippen LogP contribution in [-0.2, 0) is 4.74 Å². The average molecular weight is 197 g/mol. The first-order valence-electron chi connectivity index (χ1n) is 6.21. The molecular formula is C12H23NO. The van der Waals surface area contributed by atoms with E-state index in [1.165, 1.54) is 44.9 Å². The van der Waals surface area contributed by atoms with Gasteiger partial charge in [-0.3, -0.25) is 0 Å². The van der Waals surface area contributed by atoms with Gasteiger partial charge < -0.3 is 10.1 Å². The molecule has 1 N–H and O–H groups in total. The molecule has 0 bridgehead atoms. The van der Waals surface area contributed by atoms with Crippen molar-refractivity contribution >= 4 is 0 Å². The molecule has 0 radical (unpaired) electrons. The average Bonchev–Trinajstić information content (AvgIpc) is 2.15. The lowest BCUT2D eigenvalue weighted by Crippen LogP contribution is -2.56. The molecule has 2 fully saturated rings. The maximum Gasteiger partial charge on any atom is 0.0832 e. The monoisotopic (exact) mass is 197 g/mol. The predicted octanol–water partition coefficient (Wildman–Crippen LogP) is 2.48. The Morgan fingerprint density at radius 1 is 1.07 bits per heavy atom. The molecule has 0 aromatic rings. The molecule has 82 valence electrons. The van der Waals surface area contributed by atoms with Crippen molar-refractivity contribution in [3.63, 3.8) is 0 Å². The molecule has 1 aliphatic heterocycles. The summed E-state index contributed by atoms with van der Waals surface area (Å²) in [5.74, 6) is 0. The lowest BCUT2D eigenvalue weighted by Gasteiger charge is -2.44. The summed E-state index contributed by atoms with van der Waals surface area (Å²) in [7, 11) is 0. The van der Waals surface area contributed by atoms with Crippen molar-refractivity contribution in [2.75, 3.05) is 13.2 Å². The van der Waals surface area contributed by atoms with E-state index in [1.54, 1.807) is 0 Å². The SMILES string of the molecule is CC1NCCOC12CCCCCCC2. The van der Waals surface area contributed by atoms with Crippen LogP contribution in [0.4, 0.5) is 0 Å². The van der Waals surface area contributed by atoms with Gasteiger partial charge >= 0.3 is 0 Å². The Hall–Kier alpha value is -0.0800. The van der Waals surface area contributed by atoms with E-state index in [-0.39, 0.29) is 5.60 Å². The highest BCUT2D eigenvalue weighted by atomic mass is 16.5. The second-order valence-electron chi connectivity index (χ2n) is 4.86. The van der Waals surface area contributed by atoms with Crippen molar-refractivity contribution in [3.8, 4) is 0 Å². The van der Waals surface area contributed by atoms with Crippen LogP contribution in [0.3, 0.4) is 0 Å². The third-order valence-corrected chi connectivity index (χ3v) is 3.93. The molecular weight excluding hydrogens is 174 g/mol. The number of rotatable bonds is 0. The van der Waals surface area contributed by atoms with Crippen LogP contribution in [0.1, 0.15) is 51.9 Å². The molecule has 14 heavy (non-hydrogen) atoms. The normalized spacial score (nSPS) is 33.6. The van der Waals surface area contributed by atoms with Gasteiger partial charge in [-0.15, -0.1) is 0 Å². The van der Waals surface area contributed by atoms with E-state index in [2.05, 4.69) is 12.2 Å². The zero-order chi connectivity index (χ0) is 9.86. The van der Waals surface area contributed by atoms with Crippen LogP contribution in [-0.4, -0.2) is 24.8 Å². The van der Waals surface area contributed by atoms with Gasteiger partial charge in [-0.25, -0.2) is 0 Å². The van der Waals surface area contributed by atoms with Crippen LogP contribution >= 0.6 is 0 Å². The zero-order valence-electron chi connectivity index (χ0n) is 9.35. The van der Waals surface area contributed by atoms with Crippen LogP contribution in [0.25, 0.3) is 0 Å². The third kappa shape index (κ3) is 2.12. The summed E-state index contributed by atoms with van der Waals surface area (Å²) in [5, 5.41) is 3.57. The third-order valence-electron chi connectivity index (χ3n) is 3.93. The fourth-order valence-electron chi connectivity index (χ4n) is 2.92. The van der Waals surface area contributed by atoms with Gasteiger partial charge in [0.25, 0.3) is 0 Å². The molecule has 2 heteroatoms. The summed E-state index contributed by atoms with van der Waals surface area (Å²) in [6.07, 6.45) is 9.47. The molecule has 1 saturated carbocycles. The van der Waals surface area contributed by atoms with Crippen LogP contribution < -0.4 is 5.32 Å². The fourth-order valence-corrected chi connectivity index (χ4v) is 2.92. The summed E-state index contributed by atoms with van der Waals surface area (Å²) < 4.78 is 6.09. The Morgan fingerprint density at radius 3 is 2.36 bits per heavy atom. The summed E-state index contributed by atoms with van der Waals surface area (Å²) in [5.41, 5.74) is 0.179. The highest BCUT2D eigenvalue weighted by molar-refractivity contribution is 4.94. The minimum Gasteiger partial charge on any atom is -0.372 e. The molecule has 1 saturated heterocycles. The first kappa shape index (κ1) is 10.4. The lowest BCUT2D eigenvalue weighted by molar-refractivity contribution is -0.107. The highest BCUT2D eigenvalue weighted by Gasteiger charge is 2.38. The minimum atomic E-state index is 0.179. The Bertz CT molecular complexity index is 173. The van der Waals surface area contributed by atoms with E-state index in [0.29, 0.717) is 6.04 Å². The van der Waals surface area contributed by atoms with Gasteiger partial charge in [0.1, 0.15) is 0 Å². The van der Waals surface area contributed by atoms with Gasteiger partial charge in [-0.05, 0) is 19.8 Å². The van der Waals surface area contributed by atoms with Crippen molar-refractivity contribution < 1.29 is 4.74 Å². The van der Waals surface area contributed by atoms with Crippen molar-refractivity contribution in [1.29, 1.82) is 0 Å². The summed E-state index contributed by atoms with van der Waals surface area (Å²) in [6, 6.07) is 0.550. The number of morpholine rings is 1. The highest BCUT2D eigenvalue weighted by Crippen LogP contribution is 2.33. The summed E-state index contributed by atoms with van der Waals surface area (Å²) >= 11 is 0. The van der Waals surface area contributed by atoms with Crippen LogP contribution in [0.15, 0.2) is 0 Å². The molecule has 1 atom stereocenters. The Labute approximate surface area is 87.4 Å². The quantitative estimate of drug-likeness (QED) is 0.644. The Kier molecular flexibility index (Phi) is 3.45. The molecule has 2 nitrogen and oxygen atoms in total. The summed E-state index contributed by atoms with van der Waals surface area (Å²) in [6.45, 7) is 4.23. The smallest absolute Gasteiger partial charge is 0.0832 e. The molecule has 1 spiro atoms. The first-order valence-corrected chi connectivity index (χ1v) is 6.21. The second kappa shape index (κ2) is 4.63. The van der Waals surface area contributed by atoms with E-state index in [9.17, 15) is 0 Å². The molecule has 0 aromatic heterocycles. The standard InChI is InChI=1S/C12H23NO/c1-11-12(14-10-9-13-11)7-5-3-2-4-6-8-12/h11,13H,2-10H2,1H3. The van der Waals surface area contributed by atoms with Crippen molar-refractivity contribution in [2.45, 2.75) is 63.5 Å². The number of hydrogen-bond acceptors (Lipinski definition) is 2. The first-order chi connectivity index (χ1) is 6.83. The minimum absolute atomic E-state index is 0.179. The van der Waals surface area contributed by atoms with E-state index < -0.39 is 0 Å². The molecule has 1 aliphatic carbocycles. The molecule has 1 heterocycles. The lowest BCUT2D eigenvalue weighted by atomic mass is 9.81. The topological polar surface area (TPSA) is 21.3 Å². The molecule has 0 aromatic carbocycles. The van der Waals surface area contributed by atoms with E-state index in [1.807, 2.05) is 0 Å². The second-order valence-corrected chi connectivity index (χ2v) is 4.86. The van der Waals surface area contributed by atoms with Gasteiger partial charge in [0, 0.05) is 12.6 Å². The van der Waals surface area contributed by atoms with Crippen molar-refractivity contribution in [1.82, 2.24) is 5.32 Å². The van der Waals surface area contributed by atoms with E-state index in [4.69, 9.17) is 4.74 Å². The summed E-state index contributed by atoms with van der Waals surface area (Å²) in [4.78, 5) is 0. The largest absolute Gasteiger partial charge is 0.372 e.